The number of hydrogen-bond acceptors (Lipinski definition) is 2. The minimum Gasteiger partial charge on any atom is -0.497 e. The molecule has 1 spiro atoms. The van der Waals surface area contributed by atoms with E-state index in [-0.39, 0.29) is 0 Å². The van der Waals surface area contributed by atoms with Crippen molar-refractivity contribution in [3.8, 4) is 5.75 Å². The van der Waals surface area contributed by atoms with Gasteiger partial charge in [-0.15, -0.1) is 0 Å². The molecule has 2 heteroatoms. The van der Waals surface area contributed by atoms with Gasteiger partial charge in [-0.1, -0.05) is 19.9 Å². The summed E-state index contributed by atoms with van der Waals surface area (Å²) in [7, 11) is 1.76. The summed E-state index contributed by atoms with van der Waals surface area (Å²) < 4.78 is 5.37. The van der Waals surface area contributed by atoms with Gasteiger partial charge in [-0.3, -0.25) is 0 Å². The zero-order valence-electron chi connectivity index (χ0n) is 13.0. The lowest BCUT2D eigenvalue weighted by molar-refractivity contribution is 0.376. The van der Waals surface area contributed by atoms with Crippen molar-refractivity contribution in [1.29, 1.82) is 0 Å². The molecule has 0 aliphatic heterocycles. The van der Waals surface area contributed by atoms with Gasteiger partial charge >= 0.3 is 0 Å². The Balaban J connectivity index is 1.61. The van der Waals surface area contributed by atoms with Gasteiger partial charge in [-0.25, -0.2) is 0 Å². The van der Waals surface area contributed by atoms with Crippen molar-refractivity contribution in [3.63, 3.8) is 0 Å². The number of fused-ring (bicyclic) bond motifs is 1. The Morgan fingerprint density at radius 1 is 1.35 bits per heavy atom. The van der Waals surface area contributed by atoms with Crippen LogP contribution in [0.3, 0.4) is 0 Å². The van der Waals surface area contributed by atoms with Gasteiger partial charge in [0.1, 0.15) is 5.75 Å². The third kappa shape index (κ3) is 2.71. The Bertz CT molecular complexity index is 482. The zero-order valence-corrected chi connectivity index (χ0v) is 13.0. The molecule has 2 aliphatic carbocycles. The van der Waals surface area contributed by atoms with Gasteiger partial charge in [0, 0.05) is 0 Å². The average molecular weight is 273 g/mol. The van der Waals surface area contributed by atoms with Crippen LogP contribution in [0.5, 0.6) is 5.75 Å². The fraction of sp³-hybridized carbons (Fsp3) is 0.667. The van der Waals surface area contributed by atoms with E-state index >= 15 is 0 Å². The smallest absolute Gasteiger partial charge is 0.119 e. The molecule has 1 N–H and O–H groups in total. The van der Waals surface area contributed by atoms with Gasteiger partial charge in [0.05, 0.1) is 7.11 Å². The maximum absolute atomic E-state index is 5.37. The number of benzene rings is 1. The fourth-order valence-electron chi connectivity index (χ4n) is 3.78. The van der Waals surface area contributed by atoms with Crippen LogP contribution in [0.4, 0.5) is 0 Å². The van der Waals surface area contributed by atoms with Crippen molar-refractivity contribution in [1.82, 2.24) is 5.32 Å². The first-order valence-electron chi connectivity index (χ1n) is 7.99. The molecule has 1 aromatic carbocycles. The molecule has 1 saturated carbocycles. The van der Waals surface area contributed by atoms with Crippen molar-refractivity contribution < 1.29 is 4.74 Å². The summed E-state index contributed by atoms with van der Waals surface area (Å²) in [5, 5.41) is 3.64. The van der Waals surface area contributed by atoms with E-state index in [0.29, 0.717) is 5.41 Å². The second-order valence-corrected chi connectivity index (χ2v) is 7.13. The highest BCUT2D eigenvalue weighted by atomic mass is 16.5. The van der Waals surface area contributed by atoms with E-state index in [1.165, 1.54) is 43.4 Å². The Hall–Kier alpha value is -1.02. The summed E-state index contributed by atoms with van der Waals surface area (Å²) in [4.78, 5) is 0. The molecule has 1 aromatic rings. The number of rotatable bonds is 5. The Kier molecular flexibility index (Phi) is 3.76. The van der Waals surface area contributed by atoms with Crippen molar-refractivity contribution in [3.05, 3.63) is 29.3 Å². The van der Waals surface area contributed by atoms with Crippen LogP contribution >= 0.6 is 0 Å². The molecular weight excluding hydrogens is 246 g/mol. The van der Waals surface area contributed by atoms with Crippen LogP contribution < -0.4 is 10.1 Å². The van der Waals surface area contributed by atoms with E-state index in [1.54, 1.807) is 7.11 Å². The highest BCUT2D eigenvalue weighted by Crippen LogP contribution is 2.59. The van der Waals surface area contributed by atoms with Crippen LogP contribution in [-0.4, -0.2) is 20.2 Å². The summed E-state index contributed by atoms with van der Waals surface area (Å²) in [6.07, 6.45) is 5.29. The average Bonchev–Trinajstić information content (AvgIpc) is 3.09. The van der Waals surface area contributed by atoms with Gasteiger partial charge < -0.3 is 10.1 Å². The Morgan fingerprint density at radius 3 is 2.95 bits per heavy atom. The number of nitrogens with one attached hydrogen (secondary N) is 1. The predicted octanol–water partition coefficient (Wildman–Crippen LogP) is 3.44. The summed E-state index contributed by atoms with van der Waals surface area (Å²) >= 11 is 0. The number of aryl methyl sites for hydroxylation is 1. The minimum atomic E-state index is 0.601. The van der Waals surface area contributed by atoms with Crippen molar-refractivity contribution >= 4 is 0 Å². The zero-order chi connectivity index (χ0) is 14.2. The van der Waals surface area contributed by atoms with E-state index < -0.39 is 0 Å². The first-order chi connectivity index (χ1) is 9.63. The highest BCUT2D eigenvalue weighted by molar-refractivity contribution is 5.39. The van der Waals surface area contributed by atoms with E-state index in [4.69, 9.17) is 4.74 Å². The van der Waals surface area contributed by atoms with E-state index in [2.05, 4.69) is 37.4 Å². The summed E-state index contributed by atoms with van der Waals surface area (Å²) in [5.41, 5.74) is 3.67. The lowest BCUT2D eigenvalue weighted by Crippen LogP contribution is -2.26. The maximum atomic E-state index is 5.37. The molecule has 0 radical (unpaired) electrons. The van der Waals surface area contributed by atoms with E-state index in [0.717, 1.165) is 24.1 Å². The molecule has 0 aromatic heterocycles. The summed E-state index contributed by atoms with van der Waals surface area (Å²) in [5.74, 6) is 2.65. The number of ether oxygens (including phenoxy) is 1. The lowest BCUT2D eigenvalue weighted by Gasteiger charge is -2.26. The van der Waals surface area contributed by atoms with Crippen LogP contribution in [0, 0.1) is 17.3 Å². The first kappa shape index (κ1) is 13.9. The van der Waals surface area contributed by atoms with Crippen molar-refractivity contribution in [2.24, 2.45) is 17.3 Å². The third-order valence-corrected chi connectivity index (χ3v) is 5.15. The van der Waals surface area contributed by atoms with Crippen molar-refractivity contribution in [2.75, 3.05) is 20.2 Å². The summed E-state index contributed by atoms with van der Waals surface area (Å²) in [6.45, 7) is 6.91. The number of methoxy groups -OCH3 is 1. The van der Waals surface area contributed by atoms with Crippen LogP contribution in [0.2, 0.25) is 0 Å². The first-order valence-corrected chi connectivity index (χ1v) is 7.99. The van der Waals surface area contributed by atoms with Gasteiger partial charge in [0.25, 0.3) is 0 Å². The standard InChI is InChI=1S/C18H27NO/c1-13(2)11-19-12-16-10-18(16)7-6-14-4-5-17(20-3)8-15(14)9-18/h4-5,8,13,16,19H,6-7,9-12H2,1-3H3. The van der Waals surface area contributed by atoms with Crippen LogP contribution in [0.15, 0.2) is 18.2 Å². The quantitative estimate of drug-likeness (QED) is 0.887. The molecule has 20 heavy (non-hydrogen) atoms. The van der Waals surface area contributed by atoms with Gasteiger partial charge in [0.2, 0.25) is 0 Å². The fourth-order valence-corrected chi connectivity index (χ4v) is 3.78. The monoisotopic (exact) mass is 273 g/mol. The molecular formula is C18H27NO. The molecule has 2 atom stereocenters. The molecule has 0 heterocycles. The molecule has 0 bridgehead atoms. The molecule has 2 unspecified atom stereocenters. The third-order valence-electron chi connectivity index (χ3n) is 5.15. The van der Waals surface area contributed by atoms with Crippen LogP contribution in [0.25, 0.3) is 0 Å². The van der Waals surface area contributed by atoms with Gasteiger partial charge in [-0.2, -0.15) is 0 Å². The van der Waals surface area contributed by atoms with E-state index in [9.17, 15) is 0 Å². The van der Waals surface area contributed by atoms with Crippen LogP contribution in [0.1, 0.15) is 37.8 Å². The highest BCUT2D eigenvalue weighted by Gasteiger charge is 2.54. The molecule has 0 saturated heterocycles. The van der Waals surface area contributed by atoms with Crippen molar-refractivity contribution in [2.45, 2.75) is 39.5 Å². The minimum absolute atomic E-state index is 0.601. The van der Waals surface area contributed by atoms with Gasteiger partial charge in [-0.05, 0) is 79.3 Å². The molecule has 1 fully saturated rings. The molecule has 2 nitrogen and oxygen atoms in total. The lowest BCUT2D eigenvalue weighted by atomic mass is 9.80. The molecule has 0 amide bonds. The van der Waals surface area contributed by atoms with Gasteiger partial charge in [0.15, 0.2) is 0 Å². The van der Waals surface area contributed by atoms with Crippen LogP contribution in [-0.2, 0) is 12.8 Å². The largest absolute Gasteiger partial charge is 0.497 e. The Morgan fingerprint density at radius 2 is 2.20 bits per heavy atom. The van der Waals surface area contributed by atoms with E-state index in [1.807, 2.05) is 0 Å². The maximum Gasteiger partial charge on any atom is 0.119 e. The summed E-state index contributed by atoms with van der Waals surface area (Å²) in [6, 6.07) is 6.62. The molecule has 110 valence electrons. The second kappa shape index (κ2) is 5.40. The SMILES string of the molecule is COc1ccc2c(c1)CC1(CC2)CC1CNCC(C)C. The predicted molar refractivity (Wildman–Crippen MR) is 83.3 cm³/mol. The second-order valence-electron chi connectivity index (χ2n) is 7.13. The topological polar surface area (TPSA) is 21.3 Å². The number of hydrogen-bond donors (Lipinski definition) is 1. The molecule has 2 aliphatic rings. The normalized spacial score (nSPS) is 27.7. The Labute approximate surface area is 122 Å². The molecule has 3 rings (SSSR count).